The number of halogens is 2. The van der Waals surface area contributed by atoms with Crippen LogP contribution in [-0.2, 0) is 9.53 Å². The highest BCUT2D eigenvalue weighted by atomic mass is 35.5. The molecule has 0 radical (unpaired) electrons. The number of ether oxygens (including phenoxy) is 2. The van der Waals surface area contributed by atoms with Crippen molar-refractivity contribution in [3.05, 3.63) is 35.1 Å². The lowest BCUT2D eigenvalue weighted by Crippen LogP contribution is -2.53. The van der Waals surface area contributed by atoms with E-state index in [1.165, 1.54) is 31.4 Å². The van der Waals surface area contributed by atoms with Crippen LogP contribution >= 0.6 is 23.8 Å². The second-order valence-electron chi connectivity index (χ2n) is 5.73. The number of carbonyl (C=O) groups is 1. The second kappa shape index (κ2) is 9.05. The zero-order valence-electron chi connectivity index (χ0n) is 14.6. The third-order valence-corrected chi connectivity index (χ3v) is 4.34. The maximum atomic E-state index is 14.5. The van der Waals surface area contributed by atoms with E-state index >= 15 is 0 Å². The molecule has 0 spiro atoms. The van der Waals surface area contributed by atoms with Gasteiger partial charge in [-0.3, -0.25) is 10.0 Å². The maximum Gasteiger partial charge on any atom is 0.330 e. The molecule has 142 valence electrons. The Balaban J connectivity index is 2.26. The van der Waals surface area contributed by atoms with E-state index in [1.807, 2.05) is 0 Å². The quantitative estimate of drug-likeness (QED) is 0.462. The Morgan fingerprint density at radius 1 is 1.42 bits per heavy atom. The molecule has 1 aliphatic heterocycles. The second-order valence-corrected chi connectivity index (χ2v) is 6.56. The summed E-state index contributed by atoms with van der Waals surface area (Å²) in [7, 11) is 1.29. The summed E-state index contributed by atoms with van der Waals surface area (Å²) in [5, 5.41) is 3.66. The number of thiocarbonyl (C=S) groups is 1. The van der Waals surface area contributed by atoms with Crippen molar-refractivity contribution in [2.75, 3.05) is 25.2 Å². The average Bonchev–Trinajstić information content (AvgIpc) is 2.61. The fourth-order valence-corrected chi connectivity index (χ4v) is 2.96. The van der Waals surface area contributed by atoms with Crippen LogP contribution in [0.1, 0.15) is 19.8 Å². The van der Waals surface area contributed by atoms with Crippen molar-refractivity contribution >= 4 is 40.6 Å². The molecule has 0 amide bonds. The smallest absolute Gasteiger partial charge is 0.330 e. The Kier molecular flexibility index (Phi) is 7.05. The fourth-order valence-electron chi connectivity index (χ4n) is 2.57. The number of anilines is 1. The number of benzene rings is 1. The summed E-state index contributed by atoms with van der Waals surface area (Å²) < 4.78 is 24.8. The molecule has 1 aromatic carbocycles. The highest BCUT2D eigenvalue weighted by Gasteiger charge is 2.25. The molecular formula is C17H21ClFN3O3S. The number of rotatable bonds is 5. The molecule has 1 fully saturated rings. The van der Waals surface area contributed by atoms with E-state index < -0.39 is 17.9 Å². The Morgan fingerprint density at radius 3 is 2.77 bits per heavy atom. The van der Waals surface area contributed by atoms with Gasteiger partial charge in [-0.05, 0) is 44.1 Å². The SMILES string of the molecule is COC(=O)C=CC(C)Oc1cc(N2CCCCN2C(N)=S)c(F)cc1Cl. The molecule has 6 nitrogen and oxygen atoms in total. The summed E-state index contributed by atoms with van der Waals surface area (Å²) in [6.07, 6.45) is 4.10. The number of nitrogens with two attached hydrogens (primary N) is 1. The van der Waals surface area contributed by atoms with E-state index in [2.05, 4.69) is 4.74 Å². The van der Waals surface area contributed by atoms with Crippen molar-refractivity contribution in [1.29, 1.82) is 0 Å². The van der Waals surface area contributed by atoms with Crippen LogP contribution in [-0.4, -0.2) is 42.4 Å². The van der Waals surface area contributed by atoms with Crippen LogP contribution in [0.15, 0.2) is 24.3 Å². The molecule has 1 aliphatic rings. The van der Waals surface area contributed by atoms with Crippen LogP contribution in [0.25, 0.3) is 0 Å². The van der Waals surface area contributed by atoms with Crippen LogP contribution in [0.3, 0.4) is 0 Å². The van der Waals surface area contributed by atoms with Gasteiger partial charge >= 0.3 is 5.97 Å². The lowest BCUT2D eigenvalue weighted by Gasteiger charge is -2.40. The Morgan fingerprint density at radius 2 is 2.12 bits per heavy atom. The minimum Gasteiger partial charge on any atom is -0.485 e. The van der Waals surface area contributed by atoms with E-state index in [4.69, 9.17) is 34.3 Å². The van der Waals surface area contributed by atoms with Gasteiger partial charge < -0.3 is 15.2 Å². The number of nitrogens with zero attached hydrogens (tertiary/aromatic N) is 2. The van der Waals surface area contributed by atoms with Crippen molar-refractivity contribution in [2.45, 2.75) is 25.9 Å². The number of hydrogen-bond donors (Lipinski definition) is 1. The van der Waals surface area contributed by atoms with Gasteiger partial charge in [0.05, 0.1) is 17.8 Å². The zero-order valence-corrected chi connectivity index (χ0v) is 16.1. The van der Waals surface area contributed by atoms with Crippen LogP contribution in [0.2, 0.25) is 5.02 Å². The predicted octanol–water partition coefficient (Wildman–Crippen LogP) is 3.04. The number of carbonyl (C=O) groups excluding carboxylic acids is 1. The van der Waals surface area contributed by atoms with Crippen molar-refractivity contribution < 1.29 is 18.7 Å². The topological polar surface area (TPSA) is 68.0 Å². The normalized spacial score (nSPS) is 15.8. The lowest BCUT2D eigenvalue weighted by atomic mass is 10.2. The molecule has 1 heterocycles. The summed E-state index contributed by atoms with van der Waals surface area (Å²) in [6, 6.07) is 2.70. The molecule has 1 aromatic rings. The van der Waals surface area contributed by atoms with Gasteiger partial charge in [0, 0.05) is 25.2 Å². The summed E-state index contributed by atoms with van der Waals surface area (Å²) >= 11 is 11.2. The molecule has 9 heteroatoms. The van der Waals surface area contributed by atoms with Crippen molar-refractivity contribution in [2.24, 2.45) is 5.73 Å². The molecule has 0 aromatic heterocycles. The van der Waals surface area contributed by atoms with E-state index in [0.717, 1.165) is 12.8 Å². The van der Waals surface area contributed by atoms with Gasteiger partial charge in [0.2, 0.25) is 0 Å². The monoisotopic (exact) mass is 401 g/mol. The van der Waals surface area contributed by atoms with Crippen molar-refractivity contribution in [3.63, 3.8) is 0 Å². The van der Waals surface area contributed by atoms with Gasteiger partial charge in [-0.25, -0.2) is 9.18 Å². The molecule has 2 rings (SSSR count). The van der Waals surface area contributed by atoms with Gasteiger partial charge in [-0.1, -0.05) is 11.6 Å². The summed E-state index contributed by atoms with van der Waals surface area (Å²) in [5.74, 6) is -0.700. The zero-order chi connectivity index (χ0) is 19.3. The first-order chi connectivity index (χ1) is 12.3. The minimum absolute atomic E-state index is 0.128. The molecule has 1 saturated heterocycles. The average molecular weight is 402 g/mol. The van der Waals surface area contributed by atoms with E-state index in [-0.39, 0.29) is 15.8 Å². The summed E-state index contributed by atoms with van der Waals surface area (Å²) in [6.45, 7) is 2.92. The molecule has 0 aliphatic carbocycles. The molecule has 0 bridgehead atoms. The van der Waals surface area contributed by atoms with Crippen LogP contribution < -0.4 is 15.5 Å². The van der Waals surface area contributed by atoms with Crippen LogP contribution in [0, 0.1) is 5.82 Å². The largest absolute Gasteiger partial charge is 0.485 e. The molecule has 26 heavy (non-hydrogen) atoms. The molecule has 1 atom stereocenters. The molecular weight excluding hydrogens is 381 g/mol. The first kappa shape index (κ1) is 20.3. The molecule has 0 saturated carbocycles. The summed E-state index contributed by atoms with van der Waals surface area (Å²) in [5.41, 5.74) is 6.04. The summed E-state index contributed by atoms with van der Waals surface area (Å²) in [4.78, 5) is 11.2. The van der Waals surface area contributed by atoms with E-state index in [9.17, 15) is 9.18 Å². The molecule has 2 N–H and O–H groups in total. The van der Waals surface area contributed by atoms with E-state index in [0.29, 0.717) is 18.8 Å². The fraction of sp³-hybridized carbons (Fsp3) is 0.412. The van der Waals surface area contributed by atoms with Gasteiger partial charge in [-0.2, -0.15) is 0 Å². The first-order valence-electron chi connectivity index (χ1n) is 8.09. The van der Waals surface area contributed by atoms with Crippen LogP contribution in [0.4, 0.5) is 10.1 Å². The number of hydrogen-bond acceptors (Lipinski definition) is 5. The molecule has 1 unspecified atom stereocenters. The highest BCUT2D eigenvalue weighted by Crippen LogP contribution is 2.34. The third-order valence-electron chi connectivity index (χ3n) is 3.83. The van der Waals surface area contributed by atoms with Crippen LogP contribution in [0.5, 0.6) is 5.75 Å². The first-order valence-corrected chi connectivity index (χ1v) is 8.88. The number of methoxy groups -OCH3 is 1. The standard InChI is InChI=1S/C17H21ClFN3O3S/c1-11(5-6-16(23)24-2)25-15-10-14(13(19)9-12(15)18)21-7-3-4-8-22(21)17(20)26/h5-6,9-11H,3-4,7-8H2,1-2H3,(H2,20,26). The minimum atomic E-state index is -0.497. The maximum absolute atomic E-state index is 14.5. The third kappa shape index (κ3) is 4.98. The van der Waals surface area contributed by atoms with Gasteiger partial charge in [-0.15, -0.1) is 0 Å². The predicted molar refractivity (Wildman–Crippen MR) is 103 cm³/mol. The van der Waals surface area contributed by atoms with Gasteiger partial charge in [0.1, 0.15) is 17.7 Å². The lowest BCUT2D eigenvalue weighted by molar-refractivity contribution is -0.134. The Bertz CT molecular complexity index is 717. The Labute approximate surface area is 162 Å². The van der Waals surface area contributed by atoms with E-state index in [1.54, 1.807) is 16.9 Å². The number of hydrazine groups is 1. The van der Waals surface area contributed by atoms with Crippen molar-refractivity contribution in [3.8, 4) is 5.75 Å². The van der Waals surface area contributed by atoms with Crippen molar-refractivity contribution in [1.82, 2.24) is 5.01 Å². The highest BCUT2D eigenvalue weighted by molar-refractivity contribution is 7.80. The number of esters is 1. The van der Waals surface area contributed by atoms with Gasteiger partial charge in [0.25, 0.3) is 0 Å². The van der Waals surface area contributed by atoms with Gasteiger partial charge in [0.15, 0.2) is 5.11 Å². The Hall–Kier alpha value is -2.06.